The first-order valence-corrected chi connectivity index (χ1v) is 8.89. The molecule has 0 unspecified atom stereocenters. The van der Waals surface area contributed by atoms with Gasteiger partial charge in [0.1, 0.15) is 0 Å². The van der Waals surface area contributed by atoms with Crippen LogP contribution in [0.4, 0.5) is 5.69 Å². The molecule has 2 aromatic carbocycles. The predicted molar refractivity (Wildman–Crippen MR) is 97.3 cm³/mol. The molecule has 3 rings (SSSR count). The largest absolute Gasteiger partial charge is 0.404 e. The van der Waals surface area contributed by atoms with Crippen LogP contribution in [0.25, 0.3) is 5.43 Å². The van der Waals surface area contributed by atoms with E-state index in [2.05, 4.69) is 79.9 Å². The number of nitrogens with zero attached hydrogens (tertiary/aromatic N) is 2. The van der Waals surface area contributed by atoms with Gasteiger partial charge in [-0.1, -0.05) is 72.0 Å². The van der Waals surface area contributed by atoms with Gasteiger partial charge in [0.2, 0.25) is 5.03 Å². The maximum absolute atomic E-state index is 4.76. The van der Waals surface area contributed by atoms with E-state index in [1.54, 1.807) is 11.8 Å². The zero-order chi connectivity index (χ0) is 16.1. The lowest BCUT2D eigenvalue weighted by Crippen LogP contribution is -2.34. The predicted octanol–water partition coefficient (Wildman–Crippen LogP) is 5.06. The summed E-state index contributed by atoms with van der Waals surface area (Å²) in [5.74, 6) is 0. The Hall–Kier alpha value is -2.26. The van der Waals surface area contributed by atoms with Gasteiger partial charge in [-0.25, -0.2) is 4.68 Å². The molecule has 3 heteroatoms. The normalized spacial score (nSPS) is 10.5. The molecular weight excluding hydrogens is 300 g/mol. The fourth-order valence-corrected chi connectivity index (χ4v) is 3.07. The summed E-state index contributed by atoms with van der Waals surface area (Å²) in [7, 11) is 0. The lowest BCUT2D eigenvalue weighted by Gasteiger charge is -2.18. The number of hydrogen-bond acceptors (Lipinski definition) is 1. The van der Waals surface area contributed by atoms with Crippen molar-refractivity contribution >= 4 is 17.4 Å². The van der Waals surface area contributed by atoms with Crippen LogP contribution in [-0.4, -0.2) is 6.26 Å². The summed E-state index contributed by atoms with van der Waals surface area (Å²) in [6.07, 6.45) is 3.03. The highest BCUT2D eigenvalue weighted by Crippen LogP contribution is 2.20. The van der Waals surface area contributed by atoms with E-state index < -0.39 is 0 Å². The molecule has 0 radical (unpaired) electrons. The molecule has 0 saturated carbocycles. The van der Waals surface area contributed by atoms with E-state index in [-0.39, 0.29) is 0 Å². The summed E-state index contributed by atoms with van der Waals surface area (Å²) in [5, 5.41) is 1.14. The SMILES string of the molecule is CSc1cccc(C)[n+]1[N-]c1ccc(Cc2ccccc2)cc1. The smallest absolute Gasteiger partial charge is 0.235 e. The Bertz CT molecular complexity index is 767. The summed E-state index contributed by atoms with van der Waals surface area (Å²) in [5.41, 5.74) is 9.48. The van der Waals surface area contributed by atoms with Crippen molar-refractivity contribution in [2.24, 2.45) is 0 Å². The number of thioether (sulfide) groups is 1. The van der Waals surface area contributed by atoms with Gasteiger partial charge in [-0.15, -0.1) is 0 Å². The molecule has 0 aliphatic carbocycles. The third-order valence-corrected chi connectivity index (χ3v) is 4.46. The van der Waals surface area contributed by atoms with Crippen LogP contribution in [-0.2, 0) is 6.42 Å². The highest BCUT2D eigenvalue weighted by Gasteiger charge is 2.06. The molecule has 0 bridgehead atoms. The van der Waals surface area contributed by atoms with Crippen LogP contribution >= 0.6 is 11.8 Å². The molecular formula is C20H20N2S. The molecule has 0 amide bonds. The Kier molecular flexibility index (Phi) is 4.99. The Morgan fingerprint density at radius 3 is 2.22 bits per heavy atom. The summed E-state index contributed by atoms with van der Waals surface area (Å²) in [6.45, 7) is 2.08. The molecule has 0 N–H and O–H groups in total. The van der Waals surface area contributed by atoms with Crippen LogP contribution in [0.2, 0.25) is 0 Å². The van der Waals surface area contributed by atoms with Crippen molar-refractivity contribution in [3.63, 3.8) is 0 Å². The van der Waals surface area contributed by atoms with E-state index in [0.29, 0.717) is 0 Å². The molecule has 0 saturated heterocycles. The van der Waals surface area contributed by atoms with E-state index in [4.69, 9.17) is 5.43 Å². The minimum Gasteiger partial charge on any atom is -0.404 e. The Morgan fingerprint density at radius 2 is 1.52 bits per heavy atom. The Balaban J connectivity index is 1.76. The van der Waals surface area contributed by atoms with E-state index >= 15 is 0 Å². The minimum absolute atomic E-state index is 0.953. The standard InChI is InChI=1S/C20H20N2S/c1-16-7-6-10-20(23-2)22(16)21-19-13-11-18(12-14-19)15-17-8-4-3-5-9-17/h3-14H,15H2,1-2H3. The molecule has 116 valence electrons. The molecule has 0 aliphatic rings. The first kappa shape index (κ1) is 15.6. The Labute approximate surface area is 142 Å². The average molecular weight is 320 g/mol. The van der Waals surface area contributed by atoms with Crippen molar-refractivity contribution in [3.05, 3.63) is 95.0 Å². The van der Waals surface area contributed by atoms with Crippen molar-refractivity contribution < 1.29 is 4.68 Å². The van der Waals surface area contributed by atoms with Crippen LogP contribution < -0.4 is 4.68 Å². The van der Waals surface area contributed by atoms with Crippen molar-refractivity contribution in [2.45, 2.75) is 18.4 Å². The second-order valence-corrected chi connectivity index (χ2v) is 6.28. The second-order valence-electron chi connectivity index (χ2n) is 5.45. The van der Waals surface area contributed by atoms with Gasteiger partial charge in [0, 0.05) is 19.1 Å². The van der Waals surface area contributed by atoms with Gasteiger partial charge in [-0.05, 0) is 29.9 Å². The highest BCUT2D eigenvalue weighted by atomic mass is 32.2. The van der Waals surface area contributed by atoms with Crippen LogP contribution in [0.5, 0.6) is 0 Å². The van der Waals surface area contributed by atoms with Gasteiger partial charge >= 0.3 is 0 Å². The molecule has 2 nitrogen and oxygen atoms in total. The van der Waals surface area contributed by atoms with Gasteiger partial charge in [0.15, 0.2) is 5.69 Å². The molecule has 0 spiro atoms. The van der Waals surface area contributed by atoms with E-state index in [9.17, 15) is 0 Å². The molecule has 3 aromatic rings. The maximum atomic E-state index is 4.76. The molecule has 0 atom stereocenters. The molecule has 1 aromatic heterocycles. The van der Waals surface area contributed by atoms with Gasteiger partial charge in [-0.3, -0.25) is 0 Å². The lowest BCUT2D eigenvalue weighted by molar-refractivity contribution is -0.664. The number of rotatable bonds is 5. The van der Waals surface area contributed by atoms with E-state index in [1.807, 2.05) is 10.7 Å². The van der Waals surface area contributed by atoms with Crippen LogP contribution in [0, 0.1) is 6.92 Å². The topological polar surface area (TPSA) is 18.0 Å². The number of aromatic nitrogens is 1. The second kappa shape index (κ2) is 7.34. The number of pyridine rings is 1. The molecule has 1 heterocycles. The van der Waals surface area contributed by atoms with Crippen molar-refractivity contribution in [2.75, 3.05) is 6.26 Å². The average Bonchev–Trinajstić information content (AvgIpc) is 2.59. The van der Waals surface area contributed by atoms with Crippen LogP contribution in [0.3, 0.4) is 0 Å². The third kappa shape index (κ3) is 3.93. The first-order valence-electron chi connectivity index (χ1n) is 7.67. The third-order valence-electron chi connectivity index (χ3n) is 3.73. The first-order chi connectivity index (χ1) is 11.3. The molecule has 0 fully saturated rings. The number of hydrogen-bond donors (Lipinski definition) is 0. The number of benzene rings is 2. The Morgan fingerprint density at radius 1 is 0.826 bits per heavy atom. The molecule has 23 heavy (non-hydrogen) atoms. The highest BCUT2D eigenvalue weighted by molar-refractivity contribution is 7.98. The zero-order valence-corrected chi connectivity index (χ0v) is 14.3. The summed E-state index contributed by atoms with van der Waals surface area (Å²) < 4.78 is 2.00. The fraction of sp³-hybridized carbons (Fsp3) is 0.150. The molecule has 0 aliphatic heterocycles. The minimum atomic E-state index is 0.953. The summed E-state index contributed by atoms with van der Waals surface area (Å²) in [6, 6.07) is 25.2. The zero-order valence-electron chi connectivity index (χ0n) is 13.4. The fourth-order valence-electron chi connectivity index (χ4n) is 2.49. The van der Waals surface area contributed by atoms with Crippen LogP contribution in [0.15, 0.2) is 77.8 Å². The van der Waals surface area contributed by atoms with Gasteiger partial charge in [-0.2, -0.15) is 0 Å². The van der Waals surface area contributed by atoms with Crippen LogP contribution in [0.1, 0.15) is 16.8 Å². The van der Waals surface area contributed by atoms with Gasteiger partial charge in [0.25, 0.3) is 0 Å². The van der Waals surface area contributed by atoms with Gasteiger partial charge in [0.05, 0.1) is 0 Å². The quantitative estimate of drug-likeness (QED) is 0.474. The van der Waals surface area contributed by atoms with E-state index in [1.165, 1.54) is 11.1 Å². The van der Waals surface area contributed by atoms with Crippen molar-refractivity contribution in [3.8, 4) is 0 Å². The van der Waals surface area contributed by atoms with Crippen molar-refractivity contribution in [1.82, 2.24) is 0 Å². The summed E-state index contributed by atoms with van der Waals surface area (Å²) >= 11 is 1.70. The van der Waals surface area contributed by atoms with E-state index in [0.717, 1.165) is 22.8 Å². The number of aryl methyl sites for hydroxylation is 1. The maximum Gasteiger partial charge on any atom is 0.235 e. The lowest BCUT2D eigenvalue weighted by atomic mass is 10.1. The monoisotopic (exact) mass is 320 g/mol. The summed E-state index contributed by atoms with van der Waals surface area (Å²) in [4.78, 5) is 0. The van der Waals surface area contributed by atoms with Crippen molar-refractivity contribution in [1.29, 1.82) is 0 Å². The van der Waals surface area contributed by atoms with Gasteiger partial charge < -0.3 is 5.43 Å².